The Labute approximate surface area is 160 Å². The predicted octanol–water partition coefficient (Wildman–Crippen LogP) is 4.28. The van der Waals surface area contributed by atoms with E-state index in [1.807, 2.05) is 0 Å². The van der Waals surface area contributed by atoms with Gasteiger partial charge in [-0.15, -0.1) is 4.98 Å². The maximum Gasteiger partial charge on any atom is 0.272 e. The fraction of sp³-hybridized carbons (Fsp3) is 0.263. The summed E-state index contributed by atoms with van der Waals surface area (Å²) in [4.78, 5) is 23.2. The Morgan fingerprint density at radius 1 is 1.30 bits per heavy atom. The van der Waals surface area contributed by atoms with Gasteiger partial charge in [-0.25, -0.2) is 8.78 Å². The quantitative estimate of drug-likeness (QED) is 0.572. The normalized spacial score (nSPS) is 18.0. The summed E-state index contributed by atoms with van der Waals surface area (Å²) in [7, 11) is 0. The lowest BCUT2D eigenvalue weighted by Crippen LogP contribution is -2.55. The largest absolute Gasteiger partial charge is 0.360 e. The van der Waals surface area contributed by atoms with Crippen LogP contribution in [0.25, 0.3) is 4.85 Å². The number of halogens is 2. The number of carbonyl (C=O) groups excluding carboxylic acids is 1. The molecule has 0 atom stereocenters. The molecule has 1 saturated carbocycles. The van der Waals surface area contributed by atoms with Gasteiger partial charge < -0.3 is 4.85 Å². The zero-order valence-corrected chi connectivity index (χ0v) is 15.2. The number of carbonyl (C=O) groups is 1. The van der Waals surface area contributed by atoms with Crippen LogP contribution in [0.3, 0.4) is 0 Å². The minimum Gasteiger partial charge on any atom is -0.360 e. The van der Waals surface area contributed by atoms with Gasteiger partial charge in [0.2, 0.25) is 0 Å². The number of amides is 1. The Morgan fingerprint density at radius 2 is 1.96 bits per heavy atom. The number of rotatable bonds is 2. The third kappa shape index (κ3) is 2.35. The molecule has 0 unspecified atom stereocenters. The average molecular weight is 384 g/mol. The second kappa shape index (κ2) is 6.06. The van der Waals surface area contributed by atoms with Crippen molar-refractivity contribution in [1.29, 1.82) is 0 Å². The zero-order chi connectivity index (χ0) is 19.3. The van der Waals surface area contributed by atoms with Gasteiger partial charge in [-0.2, -0.15) is 0 Å². The molecule has 1 aromatic heterocycles. The molecule has 0 radical (unpaired) electrons. The Morgan fingerprint density at radius 3 is 2.48 bits per heavy atom. The van der Waals surface area contributed by atoms with Crippen LogP contribution in [0.4, 0.5) is 26.0 Å². The van der Waals surface area contributed by atoms with E-state index in [1.54, 1.807) is 13.0 Å². The highest BCUT2D eigenvalue weighted by Gasteiger charge is 2.60. The van der Waals surface area contributed by atoms with Crippen molar-refractivity contribution in [3.8, 4) is 0 Å². The van der Waals surface area contributed by atoms with E-state index < -0.39 is 17.2 Å². The monoisotopic (exact) mass is 384 g/mol. The molecule has 0 bridgehead atoms. The van der Waals surface area contributed by atoms with Gasteiger partial charge in [0.15, 0.2) is 5.11 Å². The number of benzene rings is 1. The molecule has 4 rings (SSSR count). The third-order valence-corrected chi connectivity index (χ3v) is 5.52. The van der Waals surface area contributed by atoms with Crippen molar-refractivity contribution in [2.45, 2.75) is 31.7 Å². The summed E-state index contributed by atoms with van der Waals surface area (Å²) in [5.74, 6) is -1.63. The fourth-order valence-corrected chi connectivity index (χ4v) is 4.11. The van der Waals surface area contributed by atoms with E-state index in [2.05, 4.69) is 9.83 Å². The summed E-state index contributed by atoms with van der Waals surface area (Å²) < 4.78 is 29.0. The number of pyridine rings is 1. The smallest absolute Gasteiger partial charge is 0.272 e. The van der Waals surface area contributed by atoms with Crippen molar-refractivity contribution in [2.75, 3.05) is 9.80 Å². The molecule has 1 saturated heterocycles. The first-order valence-corrected chi connectivity index (χ1v) is 8.78. The van der Waals surface area contributed by atoms with E-state index in [4.69, 9.17) is 18.8 Å². The lowest BCUT2D eigenvalue weighted by atomic mass is 9.75. The molecule has 27 heavy (non-hydrogen) atoms. The summed E-state index contributed by atoms with van der Waals surface area (Å²) in [5.41, 5.74) is -0.399. The number of aromatic nitrogens is 1. The van der Waals surface area contributed by atoms with Gasteiger partial charge in [0.25, 0.3) is 11.7 Å². The number of para-hydroxylation sites is 1. The van der Waals surface area contributed by atoms with Crippen LogP contribution in [-0.4, -0.2) is 21.5 Å². The van der Waals surface area contributed by atoms with Crippen molar-refractivity contribution < 1.29 is 13.6 Å². The lowest BCUT2D eigenvalue weighted by Gasteiger charge is -2.43. The van der Waals surface area contributed by atoms with E-state index in [-0.39, 0.29) is 22.5 Å². The highest BCUT2D eigenvalue weighted by Crippen LogP contribution is 2.48. The number of aryl methyl sites for hydroxylation is 1. The molecule has 2 aliphatic rings. The number of nitrogens with zero attached hydrogens (tertiary/aromatic N) is 4. The van der Waals surface area contributed by atoms with E-state index >= 15 is 0 Å². The van der Waals surface area contributed by atoms with Crippen LogP contribution in [-0.2, 0) is 4.79 Å². The van der Waals surface area contributed by atoms with Crippen LogP contribution in [0, 0.1) is 25.1 Å². The molecular formula is C19H14F2N4OS. The Bertz CT molecular complexity index is 1010. The van der Waals surface area contributed by atoms with Crippen molar-refractivity contribution in [3.05, 3.63) is 59.1 Å². The molecule has 1 aromatic carbocycles. The number of hydrogen-bond donors (Lipinski definition) is 0. The first kappa shape index (κ1) is 17.5. The average Bonchev–Trinajstić information content (AvgIpc) is 2.82. The van der Waals surface area contributed by atoms with E-state index in [0.29, 0.717) is 24.1 Å². The number of anilines is 2. The van der Waals surface area contributed by atoms with Crippen molar-refractivity contribution in [3.63, 3.8) is 0 Å². The van der Waals surface area contributed by atoms with Crippen LogP contribution >= 0.6 is 12.2 Å². The highest BCUT2D eigenvalue weighted by atomic mass is 32.1. The lowest BCUT2D eigenvalue weighted by molar-refractivity contribution is -0.123. The molecule has 2 aromatic rings. The van der Waals surface area contributed by atoms with Crippen molar-refractivity contribution in [1.82, 2.24) is 4.98 Å². The van der Waals surface area contributed by atoms with E-state index in [0.717, 1.165) is 18.6 Å². The molecule has 2 fully saturated rings. The van der Waals surface area contributed by atoms with Crippen LogP contribution < -0.4 is 9.80 Å². The van der Waals surface area contributed by atoms with Gasteiger partial charge in [0.05, 0.1) is 5.69 Å². The molecule has 2 heterocycles. The molecule has 1 amide bonds. The van der Waals surface area contributed by atoms with Crippen LogP contribution in [0.15, 0.2) is 30.5 Å². The third-order valence-electron chi connectivity index (χ3n) is 5.15. The minimum absolute atomic E-state index is 0.0143. The molecule has 5 nitrogen and oxygen atoms in total. The van der Waals surface area contributed by atoms with Crippen LogP contribution in [0.1, 0.15) is 24.8 Å². The maximum absolute atomic E-state index is 14.5. The molecule has 1 aliphatic heterocycles. The summed E-state index contributed by atoms with van der Waals surface area (Å²) >= 11 is 5.49. The highest BCUT2D eigenvalue weighted by molar-refractivity contribution is 7.81. The number of hydrogen-bond acceptors (Lipinski definition) is 3. The van der Waals surface area contributed by atoms with Gasteiger partial charge in [-0.1, -0.05) is 12.6 Å². The fourth-order valence-electron chi connectivity index (χ4n) is 3.65. The molecule has 8 heteroatoms. The standard InChI is InChI=1S/C19H14F2N4OS/c1-11-9-12(10-23-16(11)22-2)24-17(26)19(7-4-8-19)25(18(24)27)15-13(20)5-3-6-14(15)21/h3,5-6,9-10H,4,7-8H2,1H3. The summed E-state index contributed by atoms with van der Waals surface area (Å²) in [5, 5.41) is 0.0143. The van der Waals surface area contributed by atoms with E-state index in [1.165, 1.54) is 22.1 Å². The van der Waals surface area contributed by atoms with Gasteiger partial charge in [-0.05, 0) is 62.2 Å². The summed E-state index contributed by atoms with van der Waals surface area (Å²) in [6.07, 6.45) is 3.08. The SMILES string of the molecule is [C-]#[N+]c1ncc(N2C(=O)C3(CCC3)N(c3c(F)cccc3F)C2=S)cc1C. The van der Waals surface area contributed by atoms with Crippen LogP contribution in [0.5, 0.6) is 0 Å². The first-order chi connectivity index (χ1) is 12.9. The second-order valence-electron chi connectivity index (χ2n) is 6.66. The first-order valence-electron chi connectivity index (χ1n) is 8.37. The van der Waals surface area contributed by atoms with Crippen molar-refractivity contribution >= 4 is 40.4 Å². The molecular weight excluding hydrogens is 370 g/mol. The summed E-state index contributed by atoms with van der Waals surface area (Å²) in [6.45, 7) is 8.81. The second-order valence-corrected chi connectivity index (χ2v) is 7.02. The molecule has 1 spiro atoms. The Hall–Kier alpha value is -2.92. The van der Waals surface area contributed by atoms with Gasteiger partial charge in [0, 0.05) is 0 Å². The zero-order valence-electron chi connectivity index (χ0n) is 14.4. The number of thiocarbonyl (C=S) groups is 1. The van der Waals surface area contributed by atoms with Gasteiger partial charge >= 0.3 is 0 Å². The molecule has 136 valence electrons. The van der Waals surface area contributed by atoms with Gasteiger partial charge in [-0.3, -0.25) is 14.6 Å². The Balaban J connectivity index is 1.86. The molecule has 1 aliphatic carbocycles. The minimum atomic E-state index is -1.08. The van der Waals surface area contributed by atoms with Gasteiger partial charge in [0.1, 0.15) is 29.1 Å². The topological polar surface area (TPSA) is 40.8 Å². The predicted molar refractivity (Wildman–Crippen MR) is 101 cm³/mol. The van der Waals surface area contributed by atoms with Crippen molar-refractivity contribution in [2.24, 2.45) is 0 Å². The molecule has 0 N–H and O–H groups in total. The Kier molecular flexibility index (Phi) is 3.93. The van der Waals surface area contributed by atoms with Crippen LogP contribution in [0.2, 0.25) is 0 Å². The maximum atomic E-state index is 14.5. The summed E-state index contributed by atoms with van der Waals surface area (Å²) in [6, 6.07) is 5.21. The van der Waals surface area contributed by atoms with E-state index in [9.17, 15) is 13.6 Å².